The van der Waals surface area contributed by atoms with Crippen LogP contribution in [0.25, 0.3) is 0 Å². The Morgan fingerprint density at radius 2 is 1.86 bits per heavy atom. The topological polar surface area (TPSA) is 83.1 Å². The third-order valence-corrected chi connectivity index (χ3v) is 2.83. The van der Waals surface area contributed by atoms with Crippen LogP contribution in [0.2, 0.25) is 0 Å². The predicted octanol–water partition coefficient (Wildman–Crippen LogP) is 3.13. The van der Waals surface area contributed by atoms with Crippen LogP contribution in [0.5, 0.6) is 0 Å². The Labute approximate surface area is 126 Å². The van der Waals surface area contributed by atoms with Crippen LogP contribution in [0.1, 0.15) is 12.5 Å². The van der Waals surface area contributed by atoms with Crippen LogP contribution in [-0.4, -0.2) is 16.9 Å². The van der Waals surface area contributed by atoms with Gasteiger partial charge in [-0.2, -0.15) is 0 Å². The van der Waals surface area contributed by atoms with Crippen LogP contribution in [0.4, 0.5) is 26.2 Å². The normalized spacial score (nSPS) is 9.95. The zero-order chi connectivity index (χ0) is 16.1. The van der Waals surface area contributed by atoms with Crippen molar-refractivity contribution < 1.29 is 14.0 Å². The number of halogens is 1. The summed E-state index contributed by atoms with van der Waals surface area (Å²) >= 11 is 0. The molecule has 0 unspecified atom stereocenters. The van der Waals surface area contributed by atoms with Gasteiger partial charge in [0.2, 0.25) is 5.91 Å². The van der Waals surface area contributed by atoms with E-state index in [1.165, 1.54) is 19.2 Å². The quantitative estimate of drug-likeness (QED) is 0.814. The molecule has 0 aliphatic heterocycles. The van der Waals surface area contributed by atoms with Gasteiger partial charge in [-0.25, -0.2) is 9.18 Å². The number of benzene rings is 1. The van der Waals surface area contributed by atoms with E-state index >= 15 is 0 Å². The molecule has 0 radical (unpaired) electrons. The zero-order valence-corrected chi connectivity index (χ0v) is 12.1. The molecule has 22 heavy (non-hydrogen) atoms. The molecule has 0 saturated heterocycles. The Hall–Kier alpha value is -2.96. The van der Waals surface area contributed by atoms with Crippen molar-refractivity contribution in [3.05, 3.63) is 48.0 Å². The van der Waals surface area contributed by atoms with E-state index in [-0.39, 0.29) is 11.6 Å². The van der Waals surface area contributed by atoms with E-state index in [2.05, 4.69) is 20.9 Å². The Morgan fingerprint density at radius 1 is 1.09 bits per heavy atom. The number of nitrogens with one attached hydrogen (secondary N) is 3. The number of pyridine rings is 1. The highest BCUT2D eigenvalue weighted by atomic mass is 19.1. The third kappa shape index (κ3) is 4.02. The van der Waals surface area contributed by atoms with Crippen molar-refractivity contribution in [2.75, 3.05) is 16.0 Å². The first-order chi connectivity index (χ1) is 10.5. The van der Waals surface area contributed by atoms with Gasteiger partial charge in [-0.05, 0) is 30.7 Å². The standard InChI is InChI=1S/C15H15FN4O2/c1-9-3-4-11(7-14(9)18-10(2)21)19-15(22)20-13-5-6-17-8-12(13)16/h3-8H,1-2H3,(H,18,21)(H2,17,19,20,22). The largest absolute Gasteiger partial charge is 0.326 e. The van der Waals surface area contributed by atoms with Crippen molar-refractivity contribution >= 4 is 29.0 Å². The number of hydrogen-bond acceptors (Lipinski definition) is 3. The number of amides is 3. The lowest BCUT2D eigenvalue weighted by molar-refractivity contribution is -0.114. The van der Waals surface area contributed by atoms with Crippen molar-refractivity contribution in [3.8, 4) is 0 Å². The summed E-state index contributed by atoms with van der Waals surface area (Å²) in [6.45, 7) is 3.24. The first-order valence-corrected chi connectivity index (χ1v) is 6.51. The minimum Gasteiger partial charge on any atom is -0.326 e. The molecule has 2 aromatic rings. The van der Waals surface area contributed by atoms with Gasteiger partial charge in [-0.15, -0.1) is 0 Å². The Kier molecular flexibility index (Phi) is 4.67. The summed E-state index contributed by atoms with van der Waals surface area (Å²) < 4.78 is 13.4. The van der Waals surface area contributed by atoms with E-state index in [9.17, 15) is 14.0 Å². The maximum atomic E-state index is 13.4. The number of carbonyl (C=O) groups excluding carboxylic acids is 2. The number of nitrogens with zero attached hydrogens (tertiary/aromatic N) is 1. The minimum atomic E-state index is -0.625. The number of hydrogen-bond donors (Lipinski definition) is 3. The van der Waals surface area contributed by atoms with Gasteiger partial charge in [0.1, 0.15) is 0 Å². The molecule has 0 atom stereocenters. The van der Waals surface area contributed by atoms with Gasteiger partial charge in [-0.3, -0.25) is 9.78 Å². The summed E-state index contributed by atoms with van der Waals surface area (Å²) in [7, 11) is 0. The van der Waals surface area contributed by atoms with Crippen LogP contribution in [-0.2, 0) is 4.79 Å². The molecule has 0 spiro atoms. The molecule has 3 amide bonds. The van der Waals surface area contributed by atoms with E-state index in [0.29, 0.717) is 11.4 Å². The highest BCUT2D eigenvalue weighted by molar-refractivity contribution is 6.00. The molecule has 0 bridgehead atoms. The molecule has 7 heteroatoms. The van der Waals surface area contributed by atoms with E-state index in [1.807, 2.05) is 6.92 Å². The van der Waals surface area contributed by atoms with Gasteiger partial charge in [0.25, 0.3) is 0 Å². The van der Waals surface area contributed by atoms with E-state index < -0.39 is 11.8 Å². The molecule has 0 fully saturated rings. The second-order valence-electron chi connectivity index (χ2n) is 4.65. The number of carbonyl (C=O) groups is 2. The van der Waals surface area contributed by atoms with Gasteiger partial charge in [0.15, 0.2) is 5.82 Å². The Morgan fingerprint density at radius 3 is 2.55 bits per heavy atom. The van der Waals surface area contributed by atoms with E-state index in [1.54, 1.807) is 18.2 Å². The highest BCUT2D eigenvalue weighted by Crippen LogP contribution is 2.20. The molecule has 1 heterocycles. The number of aryl methyl sites for hydroxylation is 1. The van der Waals surface area contributed by atoms with Crippen molar-refractivity contribution in [1.29, 1.82) is 0 Å². The van der Waals surface area contributed by atoms with Crippen molar-refractivity contribution in [1.82, 2.24) is 4.98 Å². The van der Waals surface area contributed by atoms with Gasteiger partial charge in [0.05, 0.1) is 11.9 Å². The fraction of sp³-hybridized carbons (Fsp3) is 0.133. The maximum absolute atomic E-state index is 13.4. The number of urea groups is 1. The molecule has 6 nitrogen and oxygen atoms in total. The average Bonchev–Trinajstić information content (AvgIpc) is 2.44. The summed E-state index contributed by atoms with van der Waals surface area (Å²) in [5, 5.41) is 7.62. The van der Waals surface area contributed by atoms with Crippen LogP contribution < -0.4 is 16.0 Å². The number of anilines is 3. The SMILES string of the molecule is CC(=O)Nc1cc(NC(=O)Nc2ccncc2F)ccc1C. The zero-order valence-electron chi connectivity index (χ0n) is 12.1. The predicted molar refractivity (Wildman–Crippen MR) is 82.3 cm³/mol. The number of rotatable bonds is 3. The molecule has 114 valence electrons. The highest BCUT2D eigenvalue weighted by Gasteiger charge is 2.08. The third-order valence-electron chi connectivity index (χ3n) is 2.83. The molecule has 3 N–H and O–H groups in total. The lowest BCUT2D eigenvalue weighted by atomic mass is 10.2. The Bertz CT molecular complexity index is 718. The molecule has 0 aliphatic rings. The lowest BCUT2D eigenvalue weighted by Crippen LogP contribution is -2.20. The van der Waals surface area contributed by atoms with E-state index in [0.717, 1.165) is 11.8 Å². The second kappa shape index (κ2) is 6.66. The molecule has 1 aromatic heterocycles. The number of aromatic nitrogens is 1. The first kappa shape index (κ1) is 15.4. The van der Waals surface area contributed by atoms with Crippen LogP contribution >= 0.6 is 0 Å². The van der Waals surface area contributed by atoms with Crippen molar-refractivity contribution in [2.24, 2.45) is 0 Å². The van der Waals surface area contributed by atoms with E-state index in [4.69, 9.17) is 0 Å². The maximum Gasteiger partial charge on any atom is 0.323 e. The van der Waals surface area contributed by atoms with Gasteiger partial charge < -0.3 is 16.0 Å². The molecular weight excluding hydrogens is 287 g/mol. The summed E-state index contributed by atoms with van der Waals surface area (Å²) in [6, 6.07) is 5.82. The van der Waals surface area contributed by atoms with Crippen molar-refractivity contribution in [2.45, 2.75) is 13.8 Å². The van der Waals surface area contributed by atoms with Crippen molar-refractivity contribution in [3.63, 3.8) is 0 Å². The molecule has 1 aromatic carbocycles. The first-order valence-electron chi connectivity index (χ1n) is 6.51. The second-order valence-corrected chi connectivity index (χ2v) is 4.65. The average molecular weight is 302 g/mol. The Balaban J connectivity index is 2.08. The fourth-order valence-corrected chi connectivity index (χ4v) is 1.79. The molecule has 2 rings (SSSR count). The summed E-state index contributed by atoms with van der Waals surface area (Å²) in [4.78, 5) is 26.6. The summed E-state index contributed by atoms with van der Waals surface area (Å²) in [6.07, 6.45) is 2.38. The van der Waals surface area contributed by atoms with Gasteiger partial charge in [-0.1, -0.05) is 6.07 Å². The minimum absolute atomic E-state index is 0.0293. The molecule has 0 saturated carbocycles. The van der Waals surface area contributed by atoms with Gasteiger partial charge in [0, 0.05) is 24.5 Å². The monoisotopic (exact) mass is 302 g/mol. The van der Waals surface area contributed by atoms with Gasteiger partial charge >= 0.3 is 6.03 Å². The lowest BCUT2D eigenvalue weighted by Gasteiger charge is -2.11. The van der Waals surface area contributed by atoms with Crippen LogP contribution in [0.15, 0.2) is 36.7 Å². The molecule has 0 aliphatic carbocycles. The summed E-state index contributed by atoms with van der Waals surface area (Å²) in [5.41, 5.74) is 1.96. The van der Waals surface area contributed by atoms with Crippen LogP contribution in [0, 0.1) is 12.7 Å². The smallest absolute Gasteiger partial charge is 0.323 e. The van der Waals surface area contributed by atoms with Crippen LogP contribution in [0.3, 0.4) is 0 Å². The summed E-state index contributed by atoms with van der Waals surface area (Å²) in [5.74, 6) is -0.830. The fourth-order valence-electron chi connectivity index (χ4n) is 1.79. The molecular formula is C15H15FN4O2.